The maximum absolute atomic E-state index is 12.6. The fraction of sp³-hybridized carbons (Fsp3) is 0.524. The number of carbonyl (C=O) groups excluding carboxylic acids is 2. The molecule has 0 aromatic heterocycles. The number of benzene rings is 1. The number of aliphatic hydroxyl groups excluding tert-OH is 1. The van der Waals surface area contributed by atoms with Crippen LogP contribution in [-0.4, -0.2) is 61.6 Å². The molecule has 0 aliphatic carbocycles. The second-order valence-electron chi connectivity index (χ2n) is 6.93. The van der Waals surface area contributed by atoms with Gasteiger partial charge in [0.2, 0.25) is 6.29 Å². The SMILES string of the molecule is CCO[C@@H]1OC(C(=O)N2CC2)=C[C@H](c2ccc(C(=O)OC)cc2)[C@H]1CCCO. The van der Waals surface area contributed by atoms with Crippen LogP contribution in [0.1, 0.15) is 41.6 Å². The second-order valence-corrected chi connectivity index (χ2v) is 6.93. The predicted octanol–water partition coefficient (Wildman–Crippen LogP) is 2.06. The van der Waals surface area contributed by atoms with E-state index in [2.05, 4.69) is 0 Å². The zero-order valence-corrected chi connectivity index (χ0v) is 16.3. The molecular formula is C21H27NO6. The molecule has 1 aromatic carbocycles. The Morgan fingerprint density at radius 2 is 1.96 bits per heavy atom. The van der Waals surface area contributed by atoms with Crippen molar-refractivity contribution in [1.29, 1.82) is 0 Å². The smallest absolute Gasteiger partial charge is 0.337 e. The third-order valence-electron chi connectivity index (χ3n) is 5.07. The fourth-order valence-corrected chi connectivity index (χ4v) is 3.51. The van der Waals surface area contributed by atoms with E-state index in [1.807, 2.05) is 25.1 Å². The third-order valence-corrected chi connectivity index (χ3v) is 5.07. The number of hydrogen-bond donors (Lipinski definition) is 1. The molecule has 1 saturated heterocycles. The average Bonchev–Trinajstić information content (AvgIpc) is 3.57. The molecule has 2 aliphatic rings. The van der Waals surface area contributed by atoms with Gasteiger partial charge in [-0.15, -0.1) is 0 Å². The second kappa shape index (κ2) is 9.21. The Morgan fingerprint density at radius 1 is 1.25 bits per heavy atom. The largest absolute Gasteiger partial charge is 0.465 e. The van der Waals surface area contributed by atoms with E-state index in [9.17, 15) is 14.7 Å². The number of hydrogen-bond acceptors (Lipinski definition) is 6. The lowest BCUT2D eigenvalue weighted by Gasteiger charge is -2.37. The van der Waals surface area contributed by atoms with Gasteiger partial charge in [0.05, 0.1) is 12.7 Å². The minimum Gasteiger partial charge on any atom is -0.465 e. The molecule has 28 heavy (non-hydrogen) atoms. The molecule has 1 fully saturated rings. The van der Waals surface area contributed by atoms with Crippen LogP contribution in [0.4, 0.5) is 0 Å². The molecule has 0 saturated carbocycles. The number of rotatable bonds is 8. The number of nitrogens with zero attached hydrogens (tertiary/aromatic N) is 1. The molecular weight excluding hydrogens is 362 g/mol. The molecule has 0 bridgehead atoms. The maximum atomic E-state index is 12.6. The Hall–Kier alpha value is -2.38. The van der Waals surface area contributed by atoms with Gasteiger partial charge in [0.25, 0.3) is 5.91 Å². The van der Waals surface area contributed by atoms with E-state index in [4.69, 9.17) is 14.2 Å². The summed E-state index contributed by atoms with van der Waals surface area (Å²) in [5.41, 5.74) is 1.43. The van der Waals surface area contributed by atoms with E-state index in [-0.39, 0.29) is 24.3 Å². The number of amides is 1. The van der Waals surface area contributed by atoms with Crippen molar-refractivity contribution in [1.82, 2.24) is 4.90 Å². The maximum Gasteiger partial charge on any atom is 0.337 e. The summed E-state index contributed by atoms with van der Waals surface area (Å²) in [5, 5.41) is 9.31. The van der Waals surface area contributed by atoms with Crippen LogP contribution in [0.2, 0.25) is 0 Å². The van der Waals surface area contributed by atoms with Crippen LogP contribution < -0.4 is 0 Å². The minimum absolute atomic E-state index is 0.0539. The van der Waals surface area contributed by atoms with Crippen molar-refractivity contribution in [2.45, 2.75) is 32.0 Å². The van der Waals surface area contributed by atoms with Gasteiger partial charge in [0, 0.05) is 38.1 Å². The summed E-state index contributed by atoms with van der Waals surface area (Å²) in [6.07, 6.45) is 2.58. The lowest BCUT2D eigenvalue weighted by Crippen LogP contribution is -2.37. The Kier molecular flexibility index (Phi) is 6.70. The van der Waals surface area contributed by atoms with Crippen molar-refractivity contribution in [2.75, 3.05) is 33.4 Å². The Balaban J connectivity index is 1.93. The summed E-state index contributed by atoms with van der Waals surface area (Å²) in [7, 11) is 1.35. The number of methoxy groups -OCH3 is 1. The van der Waals surface area contributed by atoms with Gasteiger partial charge in [-0.2, -0.15) is 0 Å². The van der Waals surface area contributed by atoms with Crippen molar-refractivity contribution in [3.63, 3.8) is 0 Å². The van der Waals surface area contributed by atoms with Gasteiger partial charge in [-0.05, 0) is 43.5 Å². The highest BCUT2D eigenvalue weighted by molar-refractivity contribution is 5.93. The van der Waals surface area contributed by atoms with Gasteiger partial charge in [0.1, 0.15) is 0 Å². The summed E-state index contributed by atoms with van der Waals surface area (Å²) in [4.78, 5) is 26.0. The van der Waals surface area contributed by atoms with Crippen LogP contribution in [0.15, 0.2) is 36.1 Å². The van der Waals surface area contributed by atoms with Gasteiger partial charge in [-0.3, -0.25) is 4.79 Å². The minimum atomic E-state index is -0.564. The van der Waals surface area contributed by atoms with E-state index < -0.39 is 12.3 Å². The summed E-state index contributed by atoms with van der Waals surface area (Å²) in [5.74, 6) is -0.389. The van der Waals surface area contributed by atoms with Crippen LogP contribution in [0.3, 0.4) is 0 Å². The standard InChI is InChI=1S/C21H27NO6/c1-3-27-21-16(5-4-12-23)17(13-18(28-21)19(24)22-10-11-22)14-6-8-15(9-7-14)20(25)26-2/h6-9,13,16-17,21,23H,3-5,10-12H2,1-2H3/t16-,17-,21-/m1/s1. The molecule has 0 unspecified atom stereocenters. The molecule has 2 aliphatic heterocycles. The van der Waals surface area contributed by atoms with E-state index in [1.54, 1.807) is 17.0 Å². The van der Waals surface area contributed by atoms with Crippen LogP contribution >= 0.6 is 0 Å². The van der Waals surface area contributed by atoms with Crippen LogP contribution in [0.5, 0.6) is 0 Å². The molecule has 7 nitrogen and oxygen atoms in total. The Labute approximate surface area is 164 Å². The third kappa shape index (κ3) is 4.54. The van der Waals surface area contributed by atoms with Gasteiger partial charge < -0.3 is 24.2 Å². The van der Waals surface area contributed by atoms with Crippen LogP contribution in [-0.2, 0) is 19.0 Å². The molecule has 3 atom stereocenters. The molecule has 0 spiro atoms. The molecule has 3 rings (SSSR count). The lowest BCUT2D eigenvalue weighted by molar-refractivity contribution is -0.168. The van der Waals surface area contributed by atoms with Crippen molar-refractivity contribution in [3.05, 3.63) is 47.2 Å². The molecule has 152 valence electrons. The first-order chi connectivity index (χ1) is 13.6. The fourth-order valence-electron chi connectivity index (χ4n) is 3.51. The zero-order chi connectivity index (χ0) is 20.1. The number of allylic oxidation sites excluding steroid dienone is 1. The topological polar surface area (TPSA) is 85.1 Å². The summed E-state index contributed by atoms with van der Waals surface area (Å²) in [6.45, 7) is 3.90. The zero-order valence-electron chi connectivity index (χ0n) is 16.3. The van der Waals surface area contributed by atoms with Gasteiger partial charge in [-0.25, -0.2) is 4.79 Å². The highest BCUT2D eigenvalue weighted by atomic mass is 16.7. The lowest BCUT2D eigenvalue weighted by atomic mass is 9.80. The molecule has 2 heterocycles. The highest BCUT2D eigenvalue weighted by Gasteiger charge is 2.40. The first-order valence-electron chi connectivity index (χ1n) is 9.67. The first-order valence-corrected chi connectivity index (χ1v) is 9.67. The van der Waals surface area contributed by atoms with E-state index in [1.165, 1.54) is 7.11 Å². The van der Waals surface area contributed by atoms with Gasteiger partial charge in [0.15, 0.2) is 5.76 Å². The first kappa shape index (κ1) is 20.4. The monoisotopic (exact) mass is 389 g/mol. The number of esters is 1. The number of aliphatic hydroxyl groups is 1. The van der Waals surface area contributed by atoms with Gasteiger partial charge >= 0.3 is 5.97 Å². The van der Waals surface area contributed by atoms with Crippen molar-refractivity contribution >= 4 is 11.9 Å². The summed E-state index contributed by atoms with van der Waals surface area (Å²) >= 11 is 0. The molecule has 0 radical (unpaired) electrons. The molecule has 1 amide bonds. The molecule has 1 aromatic rings. The summed E-state index contributed by atoms with van der Waals surface area (Å²) < 4.78 is 16.5. The van der Waals surface area contributed by atoms with E-state index >= 15 is 0 Å². The molecule has 1 N–H and O–H groups in total. The summed E-state index contributed by atoms with van der Waals surface area (Å²) in [6, 6.07) is 7.17. The quantitative estimate of drug-likeness (QED) is 0.541. The number of carbonyl (C=O) groups is 2. The van der Waals surface area contributed by atoms with Crippen molar-refractivity contribution in [3.8, 4) is 0 Å². The Morgan fingerprint density at radius 3 is 2.54 bits per heavy atom. The average molecular weight is 389 g/mol. The van der Waals surface area contributed by atoms with Crippen LogP contribution in [0, 0.1) is 5.92 Å². The number of ether oxygens (including phenoxy) is 3. The Bertz CT molecular complexity index is 725. The van der Waals surface area contributed by atoms with E-state index in [0.29, 0.717) is 30.8 Å². The van der Waals surface area contributed by atoms with Gasteiger partial charge in [-0.1, -0.05) is 12.1 Å². The predicted molar refractivity (Wildman–Crippen MR) is 101 cm³/mol. The van der Waals surface area contributed by atoms with Crippen molar-refractivity contribution < 1.29 is 28.9 Å². The normalized spacial score (nSPS) is 23.6. The highest BCUT2D eigenvalue weighted by Crippen LogP contribution is 2.40. The van der Waals surface area contributed by atoms with Crippen molar-refractivity contribution in [2.24, 2.45) is 5.92 Å². The van der Waals surface area contributed by atoms with E-state index in [0.717, 1.165) is 18.7 Å². The molecule has 7 heteroatoms. The van der Waals surface area contributed by atoms with Crippen LogP contribution in [0.25, 0.3) is 0 Å².